The van der Waals surface area contributed by atoms with E-state index in [0.717, 1.165) is 17.3 Å². The Balaban J connectivity index is -0.000000210. The topological polar surface area (TPSA) is 66.4 Å². The molecule has 1 heterocycles. The molecule has 0 spiro atoms. The molecule has 88 valence electrons. The molecule has 0 radical (unpaired) electrons. The van der Waals surface area contributed by atoms with Gasteiger partial charge in [0.25, 0.3) is 6.67 Å². The van der Waals surface area contributed by atoms with Crippen LogP contribution in [0.25, 0.3) is 0 Å². The lowest BCUT2D eigenvalue weighted by Crippen LogP contribution is -2.25. The zero-order chi connectivity index (χ0) is 21.5. The number of imide groups is 1. The summed E-state index contributed by atoms with van der Waals surface area (Å²) in [7, 11) is 0. The van der Waals surface area contributed by atoms with Crippen LogP contribution in [0.3, 0.4) is 0 Å². The van der Waals surface area contributed by atoms with E-state index >= 15 is 0 Å². The maximum Gasteiger partial charge on any atom is 0.293 e. The molecular weight excluding hydrogens is 214 g/mol. The molecule has 5 heteroatoms. The third kappa shape index (κ3) is 2.30. The Hall–Kier alpha value is -1.49. The number of amides is 2. The number of benzene rings is 1. The molecule has 1 atom stereocenters. The molecule has 2 amide bonds. The highest BCUT2D eigenvalue weighted by atomic mass is 32.2. The SMILES string of the molecule is [3H]Oc1ccc(CC2SC(=O)NC2=O)cc1.[3H][3H].[3H][3H].[3H][3H].[3H][3H].[3H][3H]. The smallest absolute Gasteiger partial charge is 0.293 e. The number of hydrogen-bond acceptors (Lipinski definition) is 4. The van der Waals surface area contributed by atoms with Gasteiger partial charge in [-0.3, -0.25) is 14.9 Å². The van der Waals surface area contributed by atoms with Crippen molar-refractivity contribution < 1.29 is 29.5 Å². The molecular formula is C10H19NO3S. The van der Waals surface area contributed by atoms with Gasteiger partial charge in [-0.15, -0.1) is 0 Å². The molecule has 1 unspecified atom stereocenters. The van der Waals surface area contributed by atoms with Gasteiger partial charge in [-0.25, -0.2) is 0 Å². The maximum absolute atomic E-state index is 11.3. The Morgan fingerprint density at radius 2 is 2.27 bits per heavy atom. The normalized spacial score (nSPS) is 23.7. The van der Waals surface area contributed by atoms with Gasteiger partial charge in [0.2, 0.25) is 5.91 Å². The quantitative estimate of drug-likeness (QED) is 0.871. The summed E-state index contributed by atoms with van der Waals surface area (Å²) in [6, 6.07) is 6.87. The number of hydrogen-bond donors (Lipinski definition) is 2. The van der Waals surface area contributed by atoms with E-state index in [1.165, 1.54) is 0 Å². The number of aromatic hydroxyl groups is 1. The van der Waals surface area contributed by atoms with E-state index in [0.29, 0.717) is 12.2 Å². The summed E-state index contributed by atoms with van der Waals surface area (Å²) in [5.74, 6) is 0.208. The molecule has 0 aromatic heterocycles. The van der Waals surface area contributed by atoms with E-state index in [1.54, 1.807) is 24.3 Å². The fourth-order valence-corrected chi connectivity index (χ4v) is 2.23. The van der Waals surface area contributed by atoms with Crippen molar-refractivity contribution in [2.45, 2.75) is 11.7 Å². The molecule has 2 N–H and O–H groups in total. The Morgan fingerprint density at radius 3 is 2.80 bits per heavy atom. The highest BCUT2D eigenvalue weighted by Crippen LogP contribution is 2.23. The first-order valence-electron chi connectivity index (χ1n) is 9.83. The van der Waals surface area contributed by atoms with Gasteiger partial charge < -0.3 is 5.11 Å². The van der Waals surface area contributed by atoms with Crippen molar-refractivity contribution in [3.05, 3.63) is 29.8 Å². The predicted octanol–water partition coefficient (Wildman–Crippen LogP) is 2.52. The molecule has 0 bridgehead atoms. The van der Waals surface area contributed by atoms with Crippen LogP contribution in [-0.4, -0.2) is 22.9 Å². The van der Waals surface area contributed by atoms with Crippen LogP contribution in [-0.2, 0) is 11.2 Å². The van der Waals surface area contributed by atoms with Crippen LogP contribution in [0.1, 0.15) is 20.4 Å². The highest BCUT2D eigenvalue weighted by molar-refractivity contribution is 8.15. The maximum atomic E-state index is 11.3. The molecule has 2 rings (SSSR count). The molecule has 1 saturated heterocycles. The second-order valence-corrected chi connectivity index (χ2v) is 4.41. The molecule has 15 heavy (non-hydrogen) atoms. The third-order valence-electron chi connectivity index (χ3n) is 2.11. The number of thioether (sulfide) groups is 1. The minimum absolute atomic E-state index is 0.240. The number of nitrogens with one attached hydrogen (secondary N) is 1. The average molecular weight is 255 g/mol. The molecule has 1 aromatic rings. The van der Waals surface area contributed by atoms with Crippen molar-refractivity contribution in [1.29, 1.82) is 1.43 Å². The number of phenols is 1. The first-order valence-corrected chi connectivity index (χ1v) is 5.30. The van der Waals surface area contributed by atoms with Crippen LogP contribution in [0.4, 0.5) is 4.79 Å². The van der Waals surface area contributed by atoms with E-state index in [2.05, 4.69) is 10.4 Å². The average Bonchev–Trinajstić information content (AvgIpc) is 3.07. The molecule has 0 saturated carbocycles. The summed E-state index contributed by atoms with van der Waals surface area (Å²) in [5, 5.41) is 5.89. The van der Waals surface area contributed by atoms with Gasteiger partial charge in [0.15, 0.2) is 0 Å². The van der Waals surface area contributed by atoms with Gasteiger partial charge in [-0.1, -0.05) is 23.9 Å². The zero-order valence-electron chi connectivity index (χ0n) is 18.7. The number of rotatable bonds is 3. The monoisotopic (exact) mass is 255 g/mol. The minimum atomic E-state index is -0.352. The molecule has 0 aliphatic carbocycles. The first-order chi connectivity index (χ1) is 12.7. The van der Waals surface area contributed by atoms with Crippen molar-refractivity contribution in [3.63, 3.8) is 0 Å². The molecule has 1 aliphatic rings. The number of carbonyl (C=O) groups is 2. The van der Waals surface area contributed by atoms with Crippen molar-refractivity contribution in [2.75, 3.05) is 0 Å². The summed E-state index contributed by atoms with van der Waals surface area (Å²) in [6.45, 7) is 0. The van der Waals surface area contributed by atoms with E-state index < -0.39 is 0 Å². The van der Waals surface area contributed by atoms with E-state index in [9.17, 15) is 9.59 Å². The molecule has 1 aromatic carbocycles. The van der Waals surface area contributed by atoms with Crippen LogP contribution in [0.2, 0.25) is 0 Å². The minimum Gasteiger partial charge on any atom is -0.508 e. The summed E-state index contributed by atoms with van der Waals surface area (Å²) in [5.41, 5.74) is 0.933. The predicted molar refractivity (Wildman–Crippen MR) is 67.3 cm³/mol. The van der Waals surface area contributed by atoms with Gasteiger partial charge >= 0.3 is 0 Å². The zero-order valence-corrected chi connectivity index (χ0v) is 8.54. The second kappa shape index (κ2) is 3.94. The fourth-order valence-electron chi connectivity index (χ4n) is 1.37. The van der Waals surface area contributed by atoms with Gasteiger partial charge in [-0.05, 0) is 24.1 Å². The first kappa shape index (κ1) is 5.03. The molecule has 4 nitrogen and oxygen atoms in total. The summed E-state index contributed by atoms with van der Waals surface area (Å²) < 4.78 is 56.7. The van der Waals surface area contributed by atoms with Gasteiger partial charge in [0.1, 0.15) is 5.75 Å². The van der Waals surface area contributed by atoms with E-state index in [-0.39, 0.29) is 16.4 Å². The third-order valence-corrected chi connectivity index (χ3v) is 3.09. The summed E-state index contributed by atoms with van der Waals surface area (Å²) >= 11 is 1.01. The number of phenolic OH excluding ortho intramolecular Hbond substituents is 1. The Morgan fingerprint density at radius 1 is 1.53 bits per heavy atom. The van der Waals surface area contributed by atoms with Crippen LogP contribution in [0.5, 0.6) is 5.75 Å². The standard InChI is InChI=1S/C10H9NO3S.5H2/c12-7-3-1-6(2-4-7)5-8-9(13)11-10(14)15-8;;;;;/h1-4,8,12H,5H2,(H,11,13,14);5*1H/i;5*1+2T/hT. The van der Waals surface area contributed by atoms with Crippen LogP contribution < -0.4 is 5.32 Å². The van der Waals surface area contributed by atoms with Crippen molar-refractivity contribution >= 4 is 22.9 Å². The Kier molecular flexibility index (Phi) is 1.32. The largest absolute Gasteiger partial charge is 0.508 e. The van der Waals surface area contributed by atoms with Crippen LogP contribution in [0, 0.1) is 0 Å². The fraction of sp³-hybridized carbons (Fsp3) is 0.200. The van der Waals surface area contributed by atoms with Crippen LogP contribution >= 0.6 is 11.8 Å². The second-order valence-electron chi connectivity index (χ2n) is 3.23. The summed E-state index contributed by atoms with van der Waals surface area (Å²) in [6.07, 6.45) is 0.501. The number of carbonyl (C=O) groups excluding carboxylic acids is 2. The Labute approximate surface area is 108 Å². The lowest BCUT2D eigenvalue weighted by atomic mass is 10.1. The Bertz CT molecular complexity index is 441. The molecule has 1 aliphatic heterocycles. The highest BCUT2D eigenvalue weighted by Gasteiger charge is 2.31. The van der Waals surface area contributed by atoms with Crippen molar-refractivity contribution in [1.82, 2.24) is 5.32 Å². The lowest BCUT2D eigenvalue weighted by Gasteiger charge is -2.04. The van der Waals surface area contributed by atoms with Gasteiger partial charge in [0, 0.05) is 14.8 Å². The lowest BCUT2D eigenvalue weighted by molar-refractivity contribution is -0.118. The van der Waals surface area contributed by atoms with Gasteiger partial charge in [-0.2, -0.15) is 0 Å². The molecule has 1 fully saturated rings. The van der Waals surface area contributed by atoms with E-state index in [4.69, 9.17) is 16.3 Å². The van der Waals surface area contributed by atoms with Crippen LogP contribution in [0.15, 0.2) is 24.3 Å². The van der Waals surface area contributed by atoms with Crippen molar-refractivity contribution in [2.24, 2.45) is 0 Å². The van der Waals surface area contributed by atoms with E-state index in [1.807, 2.05) is 0 Å². The van der Waals surface area contributed by atoms with Gasteiger partial charge in [0.05, 0.1) is 5.25 Å². The summed E-state index contributed by atoms with van der Waals surface area (Å²) in [4.78, 5) is 22.2. The van der Waals surface area contributed by atoms with Crippen molar-refractivity contribution in [3.8, 4) is 5.75 Å².